The fourth-order valence-electron chi connectivity index (χ4n) is 3.16. The molecule has 0 heterocycles. The Hall–Kier alpha value is -3.32. The van der Waals surface area contributed by atoms with Gasteiger partial charge in [-0.05, 0) is 33.0 Å². The molecule has 0 aromatic heterocycles. The highest BCUT2D eigenvalue weighted by Crippen LogP contribution is 2.24. The van der Waals surface area contributed by atoms with Gasteiger partial charge in [0.25, 0.3) is 0 Å². The highest BCUT2D eigenvalue weighted by molar-refractivity contribution is 6.07. The van der Waals surface area contributed by atoms with Crippen LogP contribution in [-0.4, -0.2) is 5.11 Å². The fraction of sp³-hybridized carbons (Fsp3) is 0. The lowest BCUT2D eigenvalue weighted by atomic mass is 10.0. The van der Waals surface area contributed by atoms with Crippen molar-refractivity contribution in [3.8, 4) is 5.75 Å². The molecule has 0 saturated heterocycles. The van der Waals surface area contributed by atoms with E-state index in [1.54, 1.807) is 6.07 Å². The molecule has 0 saturated carbocycles. The molecule has 0 atom stereocenters. The normalized spacial score (nSPS) is 10.6. The fourth-order valence-corrected chi connectivity index (χ4v) is 3.16. The van der Waals surface area contributed by atoms with Crippen molar-refractivity contribution in [1.29, 1.82) is 0 Å². The summed E-state index contributed by atoms with van der Waals surface area (Å²) in [4.78, 5) is 0. The Morgan fingerprint density at radius 2 is 0.760 bits per heavy atom. The Morgan fingerprint density at radius 1 is 0.360 bits per heavy atom. The van der Waals surface area contributed by atoms with Gasteiger partial charge in [-0.1, -0.05) is 97.1 Å². The van der Waals surface area contributed by atoms with Gasteiger partial charge >= 0.3 is 0 Å². The number of phenolic OH excluding ortho intramolecular Hbond substituents is 1. The van der Waals surface area contributed by atoms with Crippen molar-refractivity contribution in [2.75, 3.05) is 0 Å². The van der Waals surface area contributed by atoms with Gasteiger partial charge in [0, 0.05) is 5.39 Å². The molecule has 0 unspecified atom stereocenters. The Balaban J connectivity index is 0.000000129. The molecular formula is C24H18O. The van der Waals surface area contributed by atoms with E-state index in [1.807, 2.05) is 36.4 Å². The van der Waals surface area contributed by atoms with Crippen LogP contribution in [0.1, 0.15) is 0 Å². The van der Waals surface area contributed by atoms with E-state index in [2.05, 4.69) is 60.7 Å². The molecule has 5 aromatic carbocycles. The molecule has 0 amide bonds. The first-order chi connectivity index (χ1) is 12.3. The number of hydrogen-bond acceptors (Lipinski definition) is 1. The lowest BCUT2D eigenvalue weighted by Gasteiger charge is -2.02. The van der Waals surface area contributed by atoms with Gasteiger partial charge in [0.1, 0.15) is 5.75 Å². The number of rotatable bonds is 0. The molecular weight excluding hydrogens is 304 g/mol. The first-order valence-electron chi connectivity index (χ1n) is 8.36. The second kappa shape index (κ2) is 6.66. The van der Waals surface area contributed by atoms with E-state index in [-0.39, 0.29) is 0 Å². The topological polar surface area (TPSA) is 20.2 Å². The molecule has 1 N–H and O–H groups in total. The zero-order valence-electron chi connectivity index (χ0n) is 13.8. The summed E-state index contributed by atoms with van der Waals surface area (Å²) in [6.45, 7) is 0. The summed E-state index contributed by atoms with van der Waals surface area (Å²) < 4.78 is 0. The van der Waals surface area contributed by atoms with Gasteiger partial charge in [0.15, 0.2) is 0 Å². The number of aromatic hydroxyl groups is 1. The SMILES string of the molecule is Oc1cccc2ccccc12.c1ccc2c(c1)ccc1ccccc12. The van der Waals surface area contributed by atoms with Crippen LogP contribution in [-0.2, 0) is 0 Å². The minimum atomic E-state index is 0.350. The predicted molar refractivity (Wildman–Crippen MR) is 107 cm³/mol. The van der Waals surface area contributed by atoms with E-state index < -0.39 is 0 Å². The molecule has 120 valence electrons. The maximum atomic E-state index is 9.37. The average Bonchev–Trinajstić information content (AvgIpc) is 2.69. The van der Waals surface area contributed by atoms with Crippen molar-refractivity contribution >= 4 is 32.3 Å². The van der Waals surface area contributed by atoms with Crippen molar-refractivity contribution in [1.82, 2.24) is 0 Å². The van der Waals surface area contributed by atoms with E-state index in [1.165, 1.54) is 21.5 Å². The van der Waals surface area contributed by atoms with Crippen molar-refractivity contribution < 1.29 is 5.11 Å². The maximum absolute atomic E-state index is 9.37. The monoisotopic (exact) mass is 322 g/mol. The van der Waals surface area contributed by atoms with Crippen LogP contribution in [0, 0.1) is 0 Å². The van der Waals surface area contributed by atoms with E-state index in [0.29, 0.717) is 5.75 Å². The van der Waals surface area contributed by atoms with E-state index >= 15 is 0 Å². The molecule has 0 bridgehead atoms. The molecule has 0 aliphatic carbocycles. The predicted octanol–water partition coefficient (Wildman–Crippen LogP) is 6.54. The largest absolute Gasteiger partial charge is 0.507 e. The van der Waals surface area contributed by atoms with Crippen LogP contribution in [0.2, 0.25) is 0 Å². The van der Waals surface area contributed by atoms with Crippen LogP contribution < -0.4 is 0 Å². The molecule has 0 spiro atoms. The Kier molecular flexibility index (Phi) is 4.05. The van der Waals surface area contributed by atoms with Gasteiger partial charge in [0.2, 0.25) is 0 Å². The first kappa shape index (κ1) is 15.2. The summed E-state index contributed by atoms with van der Waals surface area (Å²) in [6, 6.07) is 34.7. The van der Waals surface area contributed by atoms with Gasteiger partial charge in [-0.15, -0.1) is 0 Å². The molecule has 5 rings (SSSR count). The molecule has 25 heavy (non-hydrogen) atoms. The number of phenols is 1. The molecule has 1 heteroatoms. The molecule has 0 aliphatic rings. The highest BCUT2D eigenvalue weighted by atomic mass is 16.3. The minimum Gasteiger partial charge on any atom is -0.507 e. The third kappa shape index (κ3) is 3.05. The lowest BCUT2D eigenvalue weighted by Crippen LogP contribution is -1.75. The van der Waals surface area contributed by atoms with Gasteiger partial charge in [-0.25, -0.2) is 0 Å². The first-order valence-corrected chi connectivity index (χ1v) is 8.36. The van der Waals surface area contributed by atoms with Gasteiger partial charge < -0.3 is 5.11 Å². The summed E-state index contributed by atoms with van der Waals surface area (Å²) in [5.41, 5.74) is 0. The molecule has 1 nitrogen and oxygen atoms in total. The van der Waals surface area contributed by atoms with Crippen molar-refractivity contribution in [2.45, 2.75) is 0 Å². The summed E-state index contributed by atoms with van der Waals surface area (Å²) in [5.74, 6) is 0.350. The van der Waals surface area contributed by atoms with Crippen LogP contribution in [0.3, 0.4) is 0 Å². The van der Waals surface area contributed by atoms with Crippen molar-refractivity contribution in [3.63, 3.8) is 0 Å². The van der Waals surface area contributed by atoms with Crippen LogP contribution in [0.15, 0.2) is 103 Å². The quantitative estimate of drug-likeness (QED) is 0.321. The van der Waals surface area contributed by atoms with Gasteiger partial charge in [-0.3, -0.25) is 0 Å². The van der Waals surface area contributed by atoms with E-state index in [9.17, 15) is 5.11 Å². The lowest BCUT2D eigenvalue weighted by molar-refractivity contribution is 0.481. The summed E-state index contributed by atoms with van der Waals surface area (Å²) >= 11 is 0. The number of fused-ring (bicyclic) bond motifs is 4. The highest BCUT2D eigenvalue weighted by Gasteiger charge is 1.97. The standard InChI is InChI=1S/C14H10.C10H8O/c1-3-7-13-11(5-1)9-10-12-6-2-4-8-14(12)13;11-10-7-3-5-8-4-1-2-6-9(8)10/h1-10H;1-7,11H. The smallest absolute Gasteiger partial charge is 0.123 e. The molecule has 0 aliphatic heterocycles. The maximum Gasteiger partial charge on any atom is 0.123 e. The summed E-state index contributed by atoms with van der Waals surface area (Å²) in [7, 11) is 0. The minimum absolute atomic E-state index is 0.350. The van der Waals surface area contributed by atoms with Crippen LogP contribution >= 0.6 is 0 Å². The zero-order chi connectivity index (χ0) is 17.1. The van der Waals surface area contributed by atoms with E-state index in [0.717, 1.165) is 10.8 Å². The molecule has 5 aromatic rings. The van der Waals surface area contributed by atoms with Crippen LogP contribution in [0.5, 0.6) is 5.75 Å². The Morgan fingerprint density at radius 3 is 1.28 bits per heavy atom. The second-order valence-corrected chi connectivity index (χ2v) is 6.01. The second-order valence-electron chi connectivity index (χ2n) is 6.01. The van der Waals surface area contributed by atoms with Gasteiger partial charge in [-0.2, -0.15) is 0 Å². The number of benzene rings is 5. The Labute approximate surface area is 146 Å². The van der Waals surface area contributed by atoms with Crippen LogP contribution in [0.4, 0.5) is 0 Å². The van der Waals surface area contributed by atoms with Crippen molar-refractivity contribution in [3.05, 3.63) is 103 Å². The molecule has 0 radical (unpaired) electrons. The third-order valence-corrected chi connectivity index (χ3v) is 4.42. The number of hydrogen-bond donors (Lipinski definition) is 1. The summed E-state index contributed by atoms with van der Waals surface area (Å²) in [5, 5.41) is 16.7. The van der Waals surface area contributed by atoms with Crippen LogP contribution in [0.25, 0.3) is 32.3 Å². The third-order valence-electron chi connectivity index (χ3n) is 4.42. The van der Waals surface area contributed by atoms with Crippen molar-refractivity contribution in [2.24, 2.45) is 0 Å². The Bertz CT molecular complexity index is 1100. The zero-order valence-corrected chi connectivity index (χ0v) is 13.8. The van der Waals surface area contributed by atoms with E-state index in [4.69, 9.17) is 0 Å². The molecule has 0 fully saturated rings. The average molecular weight is 322 g/mol. The van der Waals surface area contributed by atoms with Gasteiger partial charge in [0.05, 0.1) is 0 Å². The summed E-state index contributed by atoms with van der Waals surface area (Å²) in [6.07, 6.45) is 0.